The number of carbonyl (C=O) groups excluding carboxylic acids is 1. The van der Waals surface area contributed by atoms with Gasteiger partial charge in [-0.1, -0.05) is 0 Å². The van der Waals surface area contributed by atoms with Crippen LogP contribution in [-0.4, -0.2) is 25.3 Å². The standard InChI is InChI=1S/C13H15N3O2/c14-8-10-3-5-11(6-4-10)16-13(17)18-12-2-1-7-15-9-12/h3-6,12,15H,1-2,7,9H2,(H,16,17). The number of anilines is 1. The summed E-state index contributed by atoms with van der Waals surface area (Å²) in [6, 6.07) is 8.68. The van der Waals surface area contributed by atoms with E-state index in [2.05, 4.69) is 10.6 Å². The number of nitrogens with zero attached hydrogens (tertiary/aromatic N) is 1. The Hall–Kier alpha value is -2.06. The molecule has 94 valence electrons. The molecule has 2 N–H and O–H groups in total. The third-order valence-corrected chi connectivity index (χ3v) is 2.79. The van der Waals surface area contributed by atoms with E-state index in [4.69, 9.17) is 10.00 Å². The van der Waals surface area contributed by atoms with Crippen LogP contribution in [0, 0.1) is 11.3 Å². The van der Waals surface area contributed by atoms with Crippen molar-refractivity contribution >= 4 is 11.8 Å². The zero-order valence-corrected chi connectivity index (χ0v) is 9.98. The summed E-state index contributed by atoms with van der Waals surface area (Å²) in [6.07, 6.45) is 1.41. The summed E-state index contributed by atoms with van der Waals surface area (Å²) in [4.78, 5) is 11.6. The highest BCUT2D eigenvalue weighted by Gasteiger charge is 2.17. The average molecular weight is 245 g/mol. The highest BCUT2D eigenvalue weighted by Crippen LogP contribution is 2.11. The van der Waals surface area contributed by atoms with Crippen LogP contribution in [0.1, 0.15) is 18.4 Å². The average Bonchev–Trinajstić information content (AvgIpc) is 2.40. The lowest BCUT2D eigenvalue weighted by atomic mass is 10.1. The largest absolute Gasteiger partial charge is 0.445 e. The van der Waals surface area contributed by atoms with Gasteiger partial charge >= 0.3 is 6.09 Å². The molecule has 0 saturated carbocycles. The van der Waals surface area contributed by atoms with Gasteiger partial charge in [-0.15, -0.1) is 0 Å². The molecule has 0 aliphatic carbocycles. The third-order valence-electron chi connectivity index (χ3n) is 2.79. The molecule has 1 heterocycles. The molecule has 1 saturated heterocycles. The Morgan fingerprint density at radius 1 is 1.44 bits per heavy atom. The molecule has 0 spiro atoms. The Morgan fingerprint density at radius 3 is 2.83 bits per heavy atom. The molecule has 2 rings (SSSR count). The summed E-state index contributed by atoms with van der Waals surface area (Å²) in [5, 5.41) is 14.5. The highest BCUT2D eigenvalue weighted by molar-refractivity contribution is 5.84. The predicted octanol–water partition coefficient (Wildman–Crippen LogP) is 1.86. The van der Waals surface area contributed by atoms with Gasteiger partial charge in [-0.3, -0.25) is 5.32 Å². The van der Waals surface area contributed by atoms with Crippen molar-refractivity contribution in [2.24, 2.45) is 0 Å². The molecule has 0 radical (unpaired) electrons. The minimum absolute atomic E-state index is 0.0582. The molecule has 18 heavy (non-hydrogen) atoms. The summed E-state index contributed by atoms with van der Waals surface area (Å²) in [5.74, 6) is 0. The highest BCUT2D eigenvalue weighted by atomic mass is 16.6. The first-order chi connectivity index (χ1) is 8.78. The van der Waals surface area contributed by atoms with Crippen molar-refractivity contribution < 1.29 is 9.53 Å². The van der Waals surface area contributed by atoms with Gasteiger partial charge in [0, 0.05) is 12.2 Å². The topological polar surface area (TPSA) is 74.2 Å². The molecule has 1 aliphatic rings. The van der Waals surface area contributed by atoms with Crippen molar-refractivity contribution in [1.82, 2.24) is 5.32 Å². The number of benzene rings is 1. The van der Waals surface area contributed by atoms with Gasteiger partial charge in [0.25, 0.3) is 0 Å². The van der Waals surface area contributed by atoms with E-state index in [1.54, 1.807) is 24.3 Å². The molecular weight excluding hydrogens is 230 g/mol. The third kappa shape index (κ3) is 3.47. The molecule has 1 atom stereocenters. The second kappa shape index (κ2) is 6.03. The minimum atomic E-state index is -0.451. The van der Waals surface area contributed by atoms with Gasteiger partial charge in [0.1, 0.15) is 6.10 Å². The fraction of sp³-hybridized carbons (Fsp3) is 0.385. The summed E-state index contributed by atoms with van der Waals surface area (Å²) >= 11 is 0. The fourth-order valence-corrected chi connectivity index (χ4v) is 1.85. The summed E-state index contributed by atoms with van der Waals surface area (Å²) < 4.78 is 5.27. The second-order valence-corrected chi connectivity index (χ2v) is 4.19. The van der Waals surface area contributed by atoms with Crippen molar-refractivity contribution in [2.75, 3.05) is 18.4 Å². The van der Waals surface area contributed by atoms with E-state index >= 15 is 0 Å². The Balaban J connectivity index is 1.84. The number of nitriles is 1. The molecule has 1 aliphatic heterocycles. The zero-order chi connectivity index (χ0) is 12.8. The number of rotatable bonds is 2. The quantitative estimate of drug-likeness (QED) is 0.834. The van der Waals surface area contributed by atoms with Crippen LogP contribution in [0.3, 0.4) is 0 Å². The van der Waals surface area contributed by atoms with E-state index in [0.29, 0.717) is 17.8 Å². The number of piperidine rings is 1. The van der Waals surface area contributed by atoms with E-state index in [1.165, 1.54) is 0 Å². The van der Waals surface area contributed by atoms with Crippen molar-refractivity contribution in [2.45, 2.75) is 18.9 Å². The monoisotopic (exact) mass is 245 g/mol. The lowest BCUT2D eigenvalue weighted by molar-refractivity contribution is 0.0941. The van der Waals surface area contributed by atoms with E-state index in [9.17, 15) is 4.79 Å². The first-order valence-electron chi connectivity index (χ1n) is 5.96. The van der Waals surface area contributed by atoms with E-state index in [1.807, 2.05) is 6.07 Å². The van der Waals surface area contributed by atoms with Crippen molar-refractivity contribution in [3.8, 4) is 6.07 Å². The first-order valence-corrected chi connectivity index (χ1v) is 5.96. The molecule has 1 unspecified atom stereocenters. The van der Waals surface area contributed by atoms with Crippen LogP contribution in [0.5, 0.6) is 0 Å². The molecular formula is C13H15N3O2. The van der Waals surface area contributed by atoms with Crippen molar-refractivity contribution in [3.05, 3.63) is 29.8 Å². The van der Waals surface area contributed by atoms with Gasteiger partial charge in [0.2, 0.25) is 0 Å². The summed E-state index contributed by atoms with van der Waals surface area (Å²) in [6.45, 7) is 1.69. The smallest absolute Gasteiger partial charge is 0.411 e. The number of amides is 1. The van der Waals surface area contributed by atoms with Gasteiger partial charge in [-0.05, 0) is 43.7 Å². The lowest BCUT2D eigenvalue weighted by Crippen LogP contribution is -2.37. The van der Waals surface area contributed by atoms with E-state index in [0.717, 1.165) is 19.4 Å². The number of ether oxygens (including phenoxy) is 1. The molecule has 0 aromatic heterocycles. The molecule has 5 nitrogen and oxygen atoms in total. The lowest BCUT2D eigenvalue weighted by Gasteiger charge is -2.22. The number of nitrogens with one attached hydrogen (secondary N) is 2. The Labute approximate surface area is 106 Å². The van der Waals surface area contributed by atoms with Crippen LogP contribution in [-0.2, 0) is 4.74 Å². The van der Waals surface area contributed by atoms with Gasteiger partial charge in [0.05, 0.1) is 11.6 Å². The van der Waals surface area contributed by atoms with Gasteiger partial charge < -0.3 is 10.1 Å². The maximum absolute atomic E-state index is 11.6. The fourth-order valence-electron chi connectivity index (χ4n) is 1.85. The van der Waals surface area contributed by atoms with Crippen LogP contribution in [0.15, 0.2) is 24.3 Å². The van der Waals surface area contributed by atoms with Crippen molar-refractivity contribution in [1.29, 1.82) is 5.26 Å². The molecule has 1 amide bonds. The van der Waals surface area contributed by atoms with Crippen LogP contribution in [0.4, 0.5) is 10.5 Å². The van der Waals surface area contributed by atoms with Gasteiger partial charge in [-0.2, -0.15) is 5.26 Å². The van der Waals surface area contributed by atoms with Crippen LogP contribution in [0.2, 0.25) is 0 Å². The Kier molecular flexibility index (Phi) is 4.15. The Bertz CT molecular complexity index is 444. The number of hydrogen-bond acceptors (Lipinski definition) is 4. The molecule has 1 aromatic rings. The Morgan fingerprint density at radius 2 is 2.22 bits per heavy atom. The van der Waals surface area contributed by atoms with Gasteiger partial charge in [0.15, 0.2) is 0 Å². The van der Waals surface area contributed by atoms with Crippen LogP contribution < -0.4 is 10.6 Å². The minimum Gasteiger partial charge on any atom is -0.445 e. The summed E-state index contributed by atoms with van der Waals surface area (Å²) in [5.41, 5.74) is 1.19. The molecule has 1 fully saturated rings. The maximum Gasteiger partial charge on any atom is 0.411 e. The maximum atomic E-state index is 11.6. The van der Waals surface area contributed by atoms with E-state index < -0.39 is 6.09 Å². The first kappa shape index (κ1) is 12.4. The molecule has 5 heteroatoms. The second-order valence-electron chi connectivity index (χ2n) is 4.19. The normalized spacial score (nSPS) is 18.7. The molecule has 0 bridgehead atoms. The van der Waals surface area contributed by atoms with E-state index in [-0.39, 0.29) is 6.10 Å². The predicted molar refractivity (Wildman–Crippen MR) is 67.2 cm³/mol. The van der Waals surface area contributed by atoms with Crippen LogP contribution in [0.25, 0.3) is 0 Å². The van der Waals surface area contributed by atoms with Gasteiger partial charge in [-0.25, -0.2) is 4.79 Å². The molecule has 1 aromatic carbocycles. The van der Waals surface area contributed by atoms with Crippen LogP contribution >= 0.6 is 0 Å². The SMILES string of the molecule is N#Cc1ccc(NC(=O)OC2CCCNC2)cc1. The van der Waals surface area contributed by atoms with Crippen molar-refractivity contribution in [3.63, 3.8) is 0 Å². The zero-order valence-electron chi connectivity index (χ0n) is 9.98. The summed E-state index contributed by atoms with van der Waals surface area (Å²) in [7, 11) is 0. The number of hydrogen-bond donors (Lipinski definition) is 2. The number of carbonyl (C=O) groups is 1.